The lowest BCUT2D eigenvalue weighted by Gasteiger charge is -2.43. The Morgan fingerprint density at radius 3 is 2.71 bits per heavy atom. The van der Waals surface area contributed by atoms with Crippen LogP contribution in [0.4, 0.5) is 4.39 Å². The summed E-state index contributed by atoms with van der Waals surface area (Å²) >= 11 is 12.4. The second-order valence-electron chi connectivity index (χ2n) is 5.87. The van der Waals surface area contributed by atoms with Gasteiger partial charge in [-0.05, 0) is 12.1 Å². The smallest absolute Gasteiger partial charge is 0.228 e. The van der Waals surface area contributed by atoms with E-state index in [9.17, 15) is 4.79 Å². The fraction of sp³-hybridized carbons (Fsp3) is 0.353. The molecule has 0 saturated carbocycles. The van der Waals surface area contributed by atoms with Crippen LogP contribution in [0.2, 0.25) is 10.0 Å². The lowest BCUT2D eigenvalue weighted by molar-refractivity contribution is -0.124. The third kappa shape index (κ3) is 2.81. The van der Waals surface area contributed by atoms with Crippen molar-refractivity contribution in [1.82, 2.24) is 10.2 Å². The quantitative estimate of drug-likeness (QED) is 0.860. The largest absolute Gasteiger partial charge is 0.369 e. The van der Waals surface area contributed by atoms with Crippen LogP contribution in [-0.2, 0) is 10.5 Å². The normalized spacial score (nSPS) is 27.0. The number of nitrogens with one attached hydrogen (secondary N) is 1. The van der Waals surface area contributed by atoms with E-state index >= 15 is 4.39 Å². The van der Waals surface area contributed by atoms with Crippen LogP contribution in [0.3, 0.4) is 0 Å². The van der Waals surface area contributed by atoms with Crippen LogP contribution >= 0.6 is 23.2 Å². The van der Waals surface area contributed by atoms with Crippen molar-refractivity contribution in [3.63, 3.8) is 0 Å². The van der Waals surface area contributed by atoms with Crippen molar-refractivity contribution in [2.75, 3.05) is 26.2 Å². The van der Waals surface area contributed by atoms with Gasteiger partial charge < -0.3 is 16.0 Å². The summed E-state index contributed by atoms with van der Waals surface area (Å²) in [5, 5.41) is 3.57. The highest BCUT2D eigenvalue weighted by Gasteiger charge is 2.50. The second kappa shape index (κ2) is 6.75. The van der Waals surface area contributed by atoms with E-state index in [4.69, 9.17) is 28.9 Å². The Bertz CT molecular complexity index is 716. The molecule has 1 heterocycles. The van der Waals surface area contributed by atoms with E-state index in [-0.39, 0.29) is 15.6 Å². The molecule has 4 nitrogen and oxygen atoms in total. The number of nitrogens with two attached hydrogens (primary N) is 1. The van der Waals surface area contributed by atoms with E-state index in [0.717, 1.165) is 13.1 Å². The summed E-state index contributed by atoms with van der Waals surface area (Å²) in [6.45, 7) is 2.74. The summed E-state index contributed by atoms with van der Waals surface area (Å²) in [4.78, 5) is 13.9. The molecule has 2 aliphatic rings. The van der Waals surface area contributed by atoms with E-state index < -0.39 is 17.5 Å². The predicted molar refractivity (Wildman–Crippen MR) is 93.6 cm³/mol. The molecule has 1 fully saturated rings. The van der Waals surface area contributed by atoms with Gasteiger partial charge >= 0.3 is 0 Å². The first-order chi connectivity index (χ1) is 11.5. The average Bonchev–Trinajstić information content (AvgIpc) is 2.58. The van der Waals surface area contributed by atoms with Crippen LogP contribution in [-0.4, -0.2) is 37.0 Å². The van der Waals surface area contributed by atoms with Crippen LogP contribution in [0.25, 0.3) is 0 Å². The Morgan fingerprint density at radius 1 is 1.33 bits per heavy atom. The highest BCUT2D eigenvalue weighted by Crippen LogP contribution is 2.48. The molecular weight excluding hydrogens is 352 g/mol. The van der Waals surface area contributed by atoms with Crippen LogP contribution < -0.4 is 11.1 Å². The van der Waals surface area contributed by atoms with Crippen molar-refractivity contribution in [3.8, 4) is 0 Å². The van der Waals surface area contributed by atoms with Crippen molar-refractivity contribution in [2.45, 2.75) is 5.67 Å². The fourth-order valence-electron chi connectivity index (χ4n) is 3.29. The molecule has 1 aliphatic heterocycles. The molecule has 7 heteroatoms. The monoisotopic (exact) mass is 369 g/mol. The second-order valence-corrected chi connectivity index (χ2v) is 6.65. The van der Waals surface area contributed by atoms with Gasteiger partial charge in [-0.15, -0.1) is 0 Å². The Labute approximate surface area is 150 Å². The number of halogens is 3. The lowest BCUT2D eigenvalue weighted by Crippen LogP contribution is -2.51. The van der Waals surface area contributed by atoms with Crippen LogP contribution in [0.1, 0.15) is 5.56 Å². The molecule has 128 valence electrons. The van der Waals surface area contributed by atoms with Gasteiger partial charge in [-0.2, -0.15) is 0 Å². The number of nitrogens with zero attached hydrogens (tertiary/aromatic N) is 1. The third-order valence-corrected chi connectivity index (χ3v) is 5.29. The molecule has 1 saturated heterocycles. The van der Waals surface area contributed by atoms with Crippen LogP contribution in [0, 0.1) is 5.92 Å². The minimum atomic E-state index is -2.15. The van der Waals surface area contributed by atoms with Gasteiger partial charge in [0.25, 0.3) is 0 Å². The number of carbonyl (C=O) groups excluding carboxylic acids is 1. The Morgan fingerprint density at radius 2 is 2.04 bits per heavy atom. The molecule has 0 radical (unpaired) electrons. The zero-order valence-electron chi connectivity index (χ0n) is 12.9. The van der Waals surface area contributed by atoms with Gasteiger partial charge in [0.1, 0.15) is 5.92 Å². The summed E-state index contributed by atoms with van der Waals surface area (Å²) in [6.07, 6.45) is 4.83. The molecule has 1 aromatic rings. The number of alkyl halides is 1. The fourth-order valence-corrected chi connectivity index (χ4v) is 3.73. The van der Waals surface area contributed by atoms with Crippen molar-refractivity contribution in [3.05, 3.63) is 57.7 Å². The topological polar surface area (TPSA) is 58.4 Å². The minimum Gasteiger partial charge on any atom is -0.369 e. The number of amides is 1. The first kappa shape index (κ1) is 17.3. The van der Waals surface area contributed by atoms with Gasteiger partial charge in [0.05, 0.1) is 15.7 Å². The summed E-state index contributed by atoms with van der Waals surface area (Å²) in [7, 11) is 0. The number of benzene rings is 1. The molecular formula is C17H18Cl2FN3O. The number of primary amides is 1. The highest BCUT2D eigenvalue weighted by molar-refractivity contribution is 6.42. The maximum atomic E-state index is 16.5. The van der Waals surface area contributed by atoms with Gasteiger partial charge in [-0.25, -0.2) is 4.39 Å². The zero-order chi connectivity index (χ0) is 17.3. The third-order valence-electron chi connectivity index (χ3n) is 4.47. The Balaban J connectivity index is 2.16. The van der Waals surface area contributed by atoms with Crippen molar-refractivity contribution in [2.24, 2.45) is 11.7 Å². The minimum absolute atomic E-state index is 0.101. The maximum Gasteiger partial charge on any atom is 0.228 e. The van der Waals surface area contributed by atoms with Gasteiger partial charge in [0.2, 0.25) is 5.91 Å². The molecule has 24 heavy (non-hydrogen) atoms. The highest BCUT2D eigenvalue weighted by atomic mass is 35.5. The van der Waals surface area contributed by atoms with E-state index in [1.54, 1.807) is 30.4 Å². The number of hydrogen-bond donors (Lipinski definition) is 2. The van der Waals surface area contributed by atoms with Crippen molar-refractivity contribution >= 4 is 29.1 Å². The molecule has 0 aromatic heterocycles. The van der Waals surface area contributed by atoms with Gasteiger partial charge in [0.15, 0.2) is 5.67 Å². The van der Waals surface area contributed by atoms with E-state index in [2.05, 4.69) is 5.32 Å². The van der Waals surface area contributed by atoms with E-state index in [0.29, 0.717) is 18.8 Å². The molecule has 2 unspecified atom stereocenters. The zero-order valence-corrected chi connectivity index (χ0v) is 14.4. The van der Waals surface area contributed by atoms with Gasteiger partial charge in [-0.3, -0.25) is 4.79 Å². The number of hydrogen-bond acceptors (Lipinski definition) is 3. The summed E-state index contributed by atoms with van der Waals surface area (Å²) in [5.74, 6) is -1.89. The maximum absolute atomic E-state index is 16.5. The molecule has 0 spiro atoms. The molecule has 3 N–H and O–H groups in total. The van der Waals surface area contributed by atoms with E-state index in [1.807, 2.05) is 4.90 Å². The lowest BCUT2D eigenvalue weighted by atomic mass is 9.76. The van der Waals surface area contributed by atoms with E-state index in [1.165, 1.54) is 6.08 Å². The molecule has 1 aromatic carbocycles. The molecule has 1 aliphatic carbocycles. The van der Waals surface area contributed by atoms with Crippen molar-refractivity contribution < 1.29 is 9.18 Å². The van der Waals surface area contributed by atoms with Crippen LogP contribution in [0.5, 0.6) is 0 Å². The molecule has 2 atom stereocenters. The predicted octanol–water partition coefficient (Wildman–Crippen LogP) is 2.62. The van der Waals surface area contributed by atoms with Crippen molar-refractivity contribution in [1.29, 1.82) is 0 Å². The Hall–Kier alpha value is -1.56. The first-order valence-electron chi connectivity index (χ1n) is 7.73. The molecule has 0 bridgehead atoms. The SMILES string of the molecule is NC(=O)C1C=CC=C(N2CCNCC2)C1(F)c1cccc(Cl)c1Cl. The summed E-state index contributed by atoms with van der Waals surface area (Å²) in [6, 6.07) is 4.76. The molecule has 1 amide bonds. The number of rotatable bonds is 3. The van der Waals surface area contributed by atoms with Gasteiger partial charge in [0, 0.05) is 31.7 Å². The number of carbonyl (C=O) groups is 1. The number of allylic oxidation sites excluding steroid dienone is 3. The Kier molecular flexibility index (Phi) is 4.85. The first-order valence-corrected chi connectivity index (χ1v) is 8.49. The summed E-state index contributed by atoms with van der Waals surface area (Å²) < 4.78 is 16.5. The number of piperazine rings is 1. The van der Waals surface area contributed by atoms with Gasteiger partial charge in [-0.1, -0.05) is 47.5 Å². The average molecular weight is 370 g/mol. The standard InChI is InChI=1S/C17H18Cl2FN3O/c18-13-5-1-3-11(15(13)19)17(20)12(16(21)24)4-2-6-14(17)23-9-7-22-8-10-23/h1-6,12,22H,7-10H2,(H2,21,24). The van der Waals surface area contributed by atoms with Crippen LogP contribution in [0.15, 0.2) is 42.1 Å². The summed E-state index contributed by atoms with van der Waals surface area (Å²) in [5.41, 5.74) is 3.89. The molecule has 3 rings (SSSR count).